The molecule has 11 bridgehead atoms. The summed E-state index contributed by atoms with van der Waals surface area (Å²) in [6, 6.07) is 1.65. The molecule has 14 atom stereocenters. The highest BCUT2D eigenvalue weighted by molar-refractivity contribution is 6.32. The van der Waals surface area contributed by atoms with Crippen molar-refractivity contribution in [3.63, 3.8) is 0 Å². The van der Waals surface area contributed by atoms with Crippen LogP contribution in [0.25, 0.3) is 11.1 Å². The number of rotatable bonds is 12. The Kier molecular flexibility index (Phi) is 21.8. The van der Waals surface area contributed by atoms with Crippen molar-refractivity contribution in [3.05, 3.63) is 123 Å². The summed E-state index contributed by atoms with van der Waals surface area (Å²) in [5.74, 6) is -12.8. The Labute approximate surface area is 582 Å². The number of phenolic OH excluding ortho intramolecular Hbond substituents is 2. The molecule has 0 unspecified atom stereocenters. The van der Waals surface area contributed by atoms with Gasteiger partial charge in [-0.1, -0.05) is 43.6 Å². The predicted molar refractivity (Wildman–Crippen MR) is 354 cm³/mol. The first-order chi connectivity index (χ1) is 47.6. The second-order valence-electron chi connectivity index (χ2n) is 27.0. The molecule has 1 aliphatic carbocycles. The van der Waals surface area contributed by atoms with Crippen molar-refractivity contribution in [3.8, 4) is 51.4 Å². The summed E-state index contributed by atoms with van der Waals surface area (Å²) in [5.41, 5.74) is 4.19. The molecule has 0 radical (unpaired) electrons. The summed E-state index contributed by atoms with van der Waals surface area (Å²) in [4.78, 5) is 134. The first kappa shape index (κ1) is 73.8. The number of primary amides is 1. The van der Waals surface area contributed by atoms with Crippen LogP contribution in [0.4, 0.5) is 4.79 Å². The second-order valence-corrected chi connectivity index (χ2v) is 27.4. The fraction of sp³-hybridized carbons (Fsp3) is 0.435. The average Bonchev–Trinajstić information content (AvgIpc) is 1.68. The third-order valence-electron chi connectivity index (χ3n) is 17.6. The molecule has 9 amide bonds. The van der Waals surface area contributed by atoms with Gasteiger partial charge in [0.05, 0.1) is 18.1 Å². The van der Waals surface area contributed by atoms with Crippen LogP contribution in [-0.4, -0.2) is 179 Å². The minimum Gasteiger partial charge on any atom is -0.508 e. The predicted octanol–water partition coefficient (Wildman–Crippen LogP) is 1.97. The molecule has 32 heteroatoms. The van der Waals surface area contributed by atoms with Crippen LogP contribution in [0, 0.1) is 19.8 Å². The van der Waals surface area contributed by atoms with Gasteiger partial charge in [-0.05, 0) is 165 Å². The van der Waals surface area contributed by atoms with E-state index < -0.39 is 186 Å². The number of phenols is 2. The number of carbonyl (C=O) groups excluding carboxylic acids is 9. The van der Waals surface area contributed by atoms with Crippen molar-refractivity contribution < 1.29 is 108 Å². The Morgan fingerprint density at radius 1 is 0.693 bits per heavy atom. The van der Waals surface area contributed by atoms with Crippen LogP contribution in [0.5, 0.6) is 40.2 Å². The number of halogens is 1. The van der Waals surface area contributed by atoms with Crippen molar-refractivity contribution >= 4 is 65.0 Å². The highest BCUT2D eigenvalue weighted by Crippen LogP contribution is 2.49. The van der Waals surface area contributed by atoms with Gasteiger partial charge >= 0.3 is 6.09 Å². The highest BCUT2D eigenvalue weighted by Gasteiger charge is 2.47. The number of likely N-dealkylation sites (N-methyl/N-ethyl adjacent to an activating group) is 1. The lowest BCUT2D eigenvalue weighted by atomic mass is 9.87. The maximum absolute atomic E-state index is 16.1. The molecule has 6 aliphatic heterocycles. The Hall–Kier alpha value is -9.86. The van der Waals surface area contributed by atoms with Gasteiger partial charge in [-0.25, -0.2) is 4.79 Å². The van der Waals surface area contributed by atoms with Gasteiger partial charge in [0.15, 0.2) is 11.5 Å². The molecule has 5 aromatic carbocycles. The lowest BCUT2D eigenvalue weighted by Gasteiger charge is -2.39. The van der Waals surface area contributed by atoms with Crippen molar-refractivity contribution in [2.45, 2.75) is 171 Å². The van der Waals surface area contributed by atoms with Gasteiger partial charge < -0.3 is 107 Å². The van der Waals surface area contributed by atoms with Gasteiger partial charge in [-0.3, -0.25) is 43.3 Å². The monoisotopic (exact) mass is 1420 g/mol. The summed E-state index contributed by atoms with van der Waals surface area (Å²) in [6.07, 6.45) is -14.7. The van der Waals surface area contributed by atoms with Gasteiger partial charge in [0.2, 0.25) is 59.3 Å². The van der Waals surface area contributed by atoms with E-state index in [1.165, 1.54) is 75.5 Å². The molecule has 12 rings (SSSR count). The zero-order valence-electron chi connectivity index (χ0n) is 56.0. The zero-order chi connectivity index (χ0) is 73.5. The number of aliphatic hydroxyl groups is 6. The van der Waals surface area contributed by atoms with Crippen LogP contribution in [0.1, 0.15) is 130 Å². The van der Waals surface area contributed by atoms with E-state index >= 15 is 24.0 Å². The molecule has 6 heterocycles. The molecular formula is C69H80ClN9O22. The van der Waals surface area contributed by atoms with E-state index in [-0.39, 0.29) is 85.2 Å². The Bertz CT molecular complexity index is 4110. The minimum atomic E-state index is -2.27. The number of aliphatic hydroxyl groups excluding tert-OH is 6. The third-order valence-corrected chi connectivity index (χ3v) is 17.9. The van der Waals surface area contributed by atoms with Crippen LogP contribution < -0.4 is 57.2 Å². The van der Waals surface area contributed by atoms with Gasteiger partial charge in [-0.15, -0.1) is 0 Å². The number of benzene rings is 5. The summed E-state index contributed by atoms with van der Waals surface area (Å²) in [6.45, 7) is 10.4. The molecule has 1 saturated heterocycles. The number of aryl methyl sites for hydroxylation is 2. The SMILES string of the molecule is Cc1cc2ccc1Oc1cc3cc(c1O[C@@H]1O[C@H](CO)[C@@H](O)[C@H](O)[C@H]1O)Oc1ccc(cc1Cl)[C@@H](O)[C@@H]1NC(=O)[C@H](NC(=O)[C@@H]3NC(=O)[C@H](CC(N)=O)NC(=O)[C@H](NC(=O)[C@@H](CC(C)C)N(C)C(=O)OC(C)(C)C)[C@@H]2O)c2ccc(O)c(c2)-c2c(C)cc(O)cc2[C@@H](C(=O)NC2CC2)NC1=O. The molecular weight excluding hydrogens is 1340 g/mol. The van der Waals surface area contributed by atoms with E-state index in [0.717, 1.165) is 29.2 Å². The zero-order valence-corrected chi connectivity index (χ0v) is 56.7. The largest absolute Gasteiger partial charge is 0.508 e. The van der Waals surface area contributed by atoms with Crippen LogP contribution in [-0.2, 0) is 47.8 Å². The van der Waals surface area contributed by atoms with E-state index in [1.807, 2.05) is 0 Å². The van der Waals surface area contributed by atoms with Gasteiger partial charge in [0, 0.05) is 18.7 Å². The first-order valence-corrected chi connectivity index (χ1v) is 32.8. The Morgan fingerprint density at radius 2 is 1.32 bits per heavy atom. The molecule has 31 nitrogen and oxygen atoms in total. The van der Waals surface area contributed by atoms with E-state index in [0.29, 0.717) is 12.8 Å². The number of nitrogens with zero attached hydrogens (tertiary/aromatic N) is 1. The van der Waals surface area contributed by atoms with Gasteiger partial charge in [0.25, 0.3) is 0 Å². The van der Waals surface area contributed by atoms with Crippen LogP contribution in [0.15, 0.2) is 78.9 Å². The molecule has 7 aliphatic rings. The molecule has 17 N–H and O–H groups in total. The standard InChI is InChI=1S/C69H80ClN9O22/c1-27(2)17-40(79(8)68(96)101-69(5,6)7)61(90)77-52-54(84)31-10-15-42(28(3)18-31)97-44-22-33-23-45(59(44)100-67-58(88)57(87)56(86)46(26-80)99-67)98-43-16-11-32(21-38(43)70)55(85)53-66(95)76-51(64(93)72-34-12-13-34)37-24-35(81)19-29(4)48(37)36-20-30(9-14-41(36)82)49(62(91)78-53)75-63(92)50(33)74-60(89)39(25-47(71)83)73-65(52)94/h9-11,14-16,18-24,27,34,39-40,46,49-58,67,80-82,84-88H,12-13,17,25-26H2,1-8H3,(H2,71,83)(H,72,93)(H,73,94)(H,74,89)(H,75,92)(H,76,95)(H,77,90)(H,78,91)/t39-,40+,46+,49+,50+,51-,52+,53-,54+,55+,56+,57-,58+,67-/m0/s1. The molecule has 0 aromatic heterocycles. The quantitative estimate of drug-likeness (QED) is 0.0849. The molecule has 2 fully saturated rings. The van der Waals surface area contributed by atoms with E-state index in [9.17, 15) is 60.0 Å². The normalized spacial score (nSPS) is 25.6. The number of carbonyl (C=O) groups is 9. The van der Waals surface area contributed by atoms with Gasteiger partial charge in [0.1, 0.15) is 108 Å². The third kappa shape index (κ3) is 16.3. The Morgan fingerprint density at radius 3 is 1.94 bits per heavy atom. The topological polar surface area (TPSA) is 475 Å². The number of hydrogen-bond donors (Lipinski definition) is 16. The van der Waals surface area contributed by atoms with E-state index in [1.54, 1.807) is 34.6 Å². The number of hydrogen-bond acceptors (Lipinski definition) is 22. The Balaban J connectivity index is 1.20. The fourth-order valence-electron chi connectivity index (χ4n) is 12.2. The van der Waals surface area contributed by atoms with Crippen molar-refractivity contribution in [2.24, 2.45) is 11.7 Å². The molecule has 0 spiro atoms. The second kappa shape index (κ2) is 29.8. The average molecular weight is 1420 g/mol. The van der Waals surface area contributed by atoms with E-state index in [2.05, 4.69) is 37.2 Å². The van der Waals surface area contributed by atoms with E-state index in [4.69, 9.17) is 41.0 Å². The van der Waals surface area contributed by atoms with Gasteiger partial charge in [-0.2, -0.15) is 0 Å². The summed E-state index contributed by atoms with van der Waals surface area (Å²) >= 11 is 7.05. The first-order valence-electron chi connectivity index (χ1n) is 32.4. The van der Waals surface area contributed by atoms with Crippen molar-refractivity contribution in [1.82, 2.24) is 42.1 Å². The number of nitrogens with one attached hydrogen (secondary N) is 7. The van der Waals surface area contributed by atoms with Crippen LogP contribution >= 0.6 is 11.6 Å². The number of ether oxygens (including phenoxy) is 5. The lowest BCUT2D eigenvalue weighted by molar-refractivity contribution is -0.277. The minimum absolute atomic E-state index is 0.0181. The summed E-state index contributed by atoms with van der Waals surface area (Å²) < 4.78 is 30.9. The number of aromatic hydroxyl groups is 2. The highest BCUT2D eigenvalue weighted by atomic mass is 35.5. The number of fused-ring (bicyclic) bond motifs is 15. The molecule has 5 aromatic rings. The smallest absolute Gasteiger partial charge is 0.410 e. The molecule has 540 valence electrons. The summed E-state index contributed by atoms with van der Waals surface area (Å²) in [7, 11) is 1.29. The lowest BCUT2D eigenvalue weighted by Crippen LogP contribution is -2.60. The molecule has 1 saturated carbocycles. The van der Waals surface area contributed by atoms with Crippen molar-refractivity contribution in [1.29, 1.82) is 0 Å². The van der Waals surface area contributed by atoms with Crippen LogP contribution in [0.2, 0.25) is 5.02 Å². The maximum atomic E-state index is 16.1. The molecule has 101 heavy (non-hydrogen) atoms. The van der Waals surface area contributed by atoms with Crippen LogP contribution in [0.3, 0.4) is 0 Å². The number of nitrogens with two attached hydrogens (primary N) is 1. The maximum Gasteiger partial charge on any atom is 0.410 e. The summed E-state index contributed by atoms with van der Waals surface area (Å²) in [5, 5.41) is 109. The fourth-order valence-corrected chi connectivity index (χ4v) is 12.4. The van der Waals surface area contributed by atoms with Crippen molar-refractivity contribution in [2.75, 3.05) is 13.7 Å². The number of amides is 9.